The van der Waals surface area contributed by atoms with Crippen LogP contribution < -0.4 is 5.73 Å². The van der Waals surface area contributed by atoms with Crippen molar-refractivity contribution in [3.63, 3.8) is 0 Å². The van der Waals surface area contributed by atoms with E-state index in [-0.39, 0.29) is 22.8 Å². The number of nitro groups is 1. The Morgan fingerprint density at radius 3 is 2.53 bits per heavy atom. The van der Waals surface area contributed by atoms with Crippen molar-refractivity contribution in [2.45, 2.75) is 26.3 Å². The van der Waals surface area contributed by atoms with Gasteiger partial charge in [0.2, 0.25) is 0 Å². The highest BCUT2D eigenvalue weighted by Gasteiger charge is 2.16. The molecule has 3 N–H and O–H groups in total. The zero-order valence-corrected chi connectivity index (χ0v) is 9.97. The Morgan fingerprint density at radius 1 is 1.47 bits per heavy atom. The van der Waals surface area contributed by atoms with Gasteiger partial charge in [-0.15, -0.1) is 0 Å². The topological polar surface area (TPSA) is 102 Å². The third-order valence-corrected chi connectivity index (χ3v) is 1.92. The molecule has 0 aliphatic rings. The molecule has 17 heavy (non-hydrogen) atoms. The lowest BCUT2D eigenvalue weighted by molar-refractivity contribution is -0.385. The van der Waals surface area contributed by atoms with Gasteiger partial charge in [-0.05, 0) is 32.9 Å². The Hall–Kier alpha value is -2.11. The number of nitrogens with zero attached hydrogens (tertiary/aromatic N) is 2. The minimum absolute atomic E-state index is 0.209. The van der Waals surface area contributed by atoms with Crippen LogP contribution in [-0.4, -0.2) is 21.4 Å². The van der Waals surface area contributed by atoms with E-state index in [9.17, 15) is 15.2 Å². The number of nitrogens with two attached hydrogens (primary N) is 1. The number of aliphatic imine (C=N–C) groups is 1. The summed E-state index contributed by atoms with van der Waals surface area (Å²) < 4.78 is 0. The number of amidine groups is 1. The summed E-state index contributed by atoms with van der Waals surface area (Å²) in [6, 6.07) is 3.94. The maximum atomic E-state index is 10.6. The molecule has 0 bridgehead atoms. The average molecular weight is 237 g/mol. The van der Waals surface area contributed by atoms with E-state index >= 15 is 0 Å². The number of nitro benzene ring substituents is 1. The van der Waals surface area contributed by atoms with Crippen LogP contribution in [0.1, 0.15) is 26.3 Å². The number of phenolic OH excluding ortho intramolecular Hbond substituents is 1. The summed E-state index contributed by atoms with van der Waals surface area (Å²) in [6.07, 6.45) is 0. The van der Waals surface area contributed by atoms with Gasteiger partial charge >= 0.3 is 5.69 Å². The highest BCUT2D eigenvalue weighted by molar-refractivity contribution is 5.98. The Kier molecular flexibility index (Phi) is 3.36. The van der Waals surface area contributed by atoms with E-state index in [2.05, 4.69) is 4.99 Å². The predicted molar refractivity (Wildman–Crippen MR) is 65.2 cm³/mol. The lowest BCUT2D eigenvalue weighted by Gasteiger charge is -2.13. The number of rotatable bonds is 2. The molecule has 1 aromatic carbocycles. The molecule has 0 atom stereocenters. The quantitative estimate of drug-likeness (QED) is 0.354. The normalized spacial score (nSPS) is 12.5. The molecule has 0 saturated heterocycles. The molecular weight excluding hydrogens is 222 g/mol. The van der Waals surface area contributed by atoms with Gasteiger partial charge in [0.25, 0.3) is 0 Å². The monoisotopic (exact) mass is 237 g/mol. The van der Waals surface area contributed by atoms with Gasteiger partial charge in [-0.2, -0.15) is 0 Å². The zero-order valence-electron chi connectivity index (χ0n) is 9.97. The van der Waals surface area contributed by atoms with Crippen LogP contribution in [0.25, 0.3) is 0 Å². The van der Waals surface area contributed by atoms with E-state index in [0.29, 0.717) is 5.56 Å². The summed E-state index contributed by atoms with van der Waals surface area (Å²) in [5.74, 6) is -0.178. The van der Waals surface area contributed by atoms with Crippen LogP contribution >= 0.6 is 0 Å². The second kappa shape index (κ2) is 4.40. The second-order valence-electron chi connectivity index (χ2n) is 4.63. The van der Waals surface area contributed by atoms with E-state index in [4.69, 9.17) is 5.73 Å². The molecule has 0 radical (unpaired) electrons. The zero-order chi connectivity index (χ0) is 13.2. The Balaban J connectivity index is 3.21. The summed E-state index contributed by atoms with van der Waals surface area (Å²) >= 11 is 0. The lowest BCUT2D eigenvalue weighted by atomic mass is 10.1. The fourth-order valence-electron chi connectivity index (χ4n) is 1.25. The predicted octanol–water partition coefficient (Wildman–Crippen LogP) is 1.80. The largest absolute Gasteiger partial charge is 0.502 e. The maximum absolute atomic E-state index is 10.6. The number of hydrogen-bond donors (Lipinski definition) is 2. The van der Waals surface area contributed by atoms with Gasteiger partial charge in [0.1, 0.15) is 5.84 Å². The fraction of sp³-hybridized carbons (Fsp3) is 0.364. The van der Waals surface area contributed by atoms with E-state index in [1.807, 2.05) is 20.8 Å². The molecule has 0 spiro atoms. The summed E-state index contributed by atoms with van der Waals surface area (Å²) in [7, 11) is 0. The second-order valence-corrected chi connectivity index (χ2v) is 4.63. The number of benzene rings is 1. The van der Waals surface area contributed by atoms with Gasteiger partial charge in [0, 0.05) is 11.6 Å². The standard InChI is InChI=1S/C11H15N3O3/c1-11(2,3)13-10(12)7-4-5-9(15)8(6-7)14(16)17/h4-6,15H,1-3H3,(H2,12,13). The molecule has 0 fully saturated rings. The highest BCUT2D eigenvalue weighted by Crippen LogP contribution is 2.26. The van der Waals surface area contributed by atoms with Crippen molar-refractivity contribution < 1.29 is 10.0 Å². The van der Waals surface area contributed by atoms with Crippen molar-refractivity contribution in [3.8, 4) is 5.75 Å². The van der Waals surface area contributed by atoms with Gasteiger partial charge in [-0.25, -0.2) is 0 Å². The molecule has 0 saturated carbocycles. The first-order valence-corrected chi connectivity index (χ1v) is 5.04. The number of aromatic hydroxyl groups is 1. The van der Waals surface area contributed by atoms with Crippen LogP contribution in [0, 0.1) is 10.1 Å². The molecular formula is C11H15N3O3. The Labute approximate surface area is 98.9 Å². The number of hydrogen-bond acceptors (Lipinski definition) is 4. The summed E-state index contributed by atoms with van der Waals surface area (Å²) in [5, 5.41) is 19.9. The first-order chi connectivity index (χ1) is 7.70. The van der Waals surface area contributed by atoms with Crippen LogP contribution in [0.4, 0.5) is 5.69 Å². The smallest absolute Gasteiger partial charge is 0.311 e. The minimum atomic E-state index is -0.663. The van der Waals surface area contributed by atoms with Crippen molar-refractivity contribution in [1.82, 2.24) is 0 Å². The molecule has 1 aromatic rings. The van der Waals surface area contributed by atoms with E-state index in [0.717, 1.165) is 0 Å². The minimum Gasteiger partial charge on any atom is -0.502 e. The van der Waals surface area contributed by atoms with E-state index in [1.54, 1.807) is 0 Å². The van der Waals surface area contributed by atoms with Gasteiger partial charge in [-0.1, -0.05) is 0 Å². The van der Waals surface area contributed by atoms with Crippen LogP contribution in [0.15, 0.2) is 23.2 Å². The van der Waals surface area contributed by atoms with Gasteiger partial charge < -0.3 is 10.8 Å². The van der Waals surface area contributed by atoms with Crippen LogP contribution in [0.2, 0.25) is 0 Å². The third-order valence-electron chi connectivity index (χ3n) is 1.92. The first kappa shape index (κ1) is 13.0. The summed E-state index contributed by atoms with van der Waals surface area (Å²) in [6.45, 7) is 5.61. The van der Waals surface area contributed by atoms with E-state index in [1.165, 1.54) is 18.2 Å². The molecule has 0 aliphatic heterocycles. The average Bonchev–Trinajstić information content (AvgIpc) is 2.14. The summed E-state index contributed by atoms with van der Waals surface area (Å²) in [5.41, 5.74) is 5.42. The summed E-state index contributed by atoms with van der Waals surface area (Å²) in [4.78, 5) is 14.2. The van der Waals surface area contributed by atoms with Gasteiger partial charge in [0.15, 0.2) is 5.75 Å². The van der Waals surface area contributed by atoms with Crippen LogP contribution in [0.5, 0.6) is 5.75 Å². The third kappa shape index (κ3) is 3.44. The molecule has 0 heterocycles. The fourth-order valence-corrected chi connectivity index (χ4v) is 1.25. The molecule has 0 unspecified atom stereocenters. The Bertz CT molecular complexity index is 475. The first-order valence-electron chi connectivity index (χ1n) is 5.04. The van der Waals surface area contributed by atoms with Gasteiger partial charge in [0.05, 0.1) is 10.5 Å². The van der Waals surface area contributed by atoms with Crippen molar-refractivity contribution in [2.75, 3.05) is 0 Å². The van der Waals surface area contributed by atoms with E-state index < -0.39 is 4.92 Å². The van der Waals surface area contributed by atoms with Crippen molar-refractivity contribution in [3.05, 3.63) is 33.9 Å². The van der Waals surface area contributed by atoms with Crippen LogP contribution in [0.3, 0.4) is 0 Å². The molecule has 6 heteroatoms. The van der Waals surface area contributed by atoms with Crippen LogP contribution in [-0.2, 0) is 0 Å². The van der Waals surface area contributed by atoms with Gasteiger partial charge in [-0.3, -0.25) is 15.1 Å². The number of phenols is 1. The molecule has 6 nitrogen and oxygen atoms in total. The lowest BCUT2D eigenvalue weighted by Crippen LogP contribution is -2.21. The van der Waals surface area contributed by atoms with Crippen molar-refractivity contribution >= 4 is 11.5 Å². The molecule has 1 rings (SSSR count). The maximum Gasteiger partial charge on any atom is 0.311 e. The molecule has 0 amide bonds. The SMILES string of the molecule is CC(C)(C)N=C(N)c1ccc(O)c([N+](=O)[O-])c1. The Morgan fingerprint density at radius 2 is 2.06 bits per heavy atom. The highest BCUT2D eigenvalue weighted by atomic mass is 16.6. The molecule has 0 aliphatic carbocycles. The molecule has 0 aromatic heterocycles. The van der Waals surface area contributed by atoms with Crippen molar-refractivity contribution in [2.24, 2.45) is 10.7 Å². The molecule has 92 valence electrons. The van der Waals surface area contributed by atoms with Crippen molar-refractivity contribution in [1.29, 1.82) is 0 Å².